The SMILES string of the molecule is CCN1OC2(CCN(C(=O)c3ccc(C(F)(F)F)nc3C)CC2)CC1=O. The van der Waals surface area contributed by atoms with Crippen molar-refractivity contribution in [1.82, 2.24) is 14.9 Å². The molecular formula is C17H20F3N3O3. The first-order chi connectivity index (χ1) is 12.1. The van der Waals surface area contributed by atoms with E-state index in [0.29, 0.717) is 38.9 Å². The molecule has 142 valence electrons. The number of nitrogens with zero attached hydrogens (tertiary/aromatic N) is 3. The van der Waals surface area contributed by atoms with E-state index >= 15 is 0 Å². The van der Waals surface area contributed by atoms with Gasteiger partial charge in [-0.15, -0.1) is 0 Å². The Morgan fingerprint density at radius 1 is 1.31 bits per heavy atom. The Balaban J connectivity index is 1.69. The lowest BCUT2D eigenvalue weighted by molar-refractivity contribution is -0.206. The number of aromatic nitrogens is 1. The number of hydroxylamine groups is 2. The van der Waals surface area contributed by atoms with Gasteiger partial charge in [0.15, 0.2) is 0 Å². The topological polar surface area (TPSA) is 62.7 Å². The number of hydrogen-bond donors (Lipinski definition) is 0. The fraction of sp³-hybridized carbons (Fsp3) is 0.588. The number of piperidine rings is 1. The Morgan fingerprint density at radius 3 is 2.46 bits per heavy atom. The van der Waals surface area contributed by atoms with Gasteiger partial charge in [0, 0.05) is 19.6 Å². The average molecular weight is 371 g/mol. The summed E-state index contributed by atoms with van der Waals surface area (Å²) in [6.07, 6.45) is -3.23. The van der Waals surface area contributed by atoms with E-state index in [4.69, 9.17) is 4.84 Å². The predicted molar refractivity (Wildman–Crippen MR) is 84.9 cm³/mol. The summed E-state index contributed by atoms with van der Waals surface area (Å²) in [7, 11) is 0. The van der Waals surface area contributed by atoms with Gasteiger partial charge in [-0.25, -0.2) is 10.0 Å². The summed E-state index contributed by atoms with van der Waals surface area (Å²) in [5, 5.41) is 1.35. The third kappa shape index (κ3) is 3.40. The summed E-state index contributed by atoms with van der Waals surface area (Å²) in [6, 6.07) is 2.00. The number of amides is 2. The molecule has 1 aromatic heterocycles. The number of aryl methyl sites for hydroxylation is 1. The number of rotatable bonds is 2. The minimum absolute atomic E-state index is 0.0505. The van der Waals surface area contributed by atoms with Crippen molar-refractivity contribution in [1.29, 1.82) is 0 Å². The van der Waals surface area contributed by atoms with Gasteiger partial charge in [0.05, 0.1) is 17.7 Å². The summed E-state index contributed by atoms with van der Waals surface area (Å²) < 4.78 is 38.1. The molecule has 0 radical (unpaired) electrons. The molecule has 0 unspecified atom stereocenters. The minimum Gasteiger partial charge on any atom is -0.338 e. The van der Waals surface area contributed by atoms with Crippen molar-refractivity contribution in [3.8, 4) is 0 Å². The quantitative estimate of drug-likeness (QED) is 0.802. The van der Waals surface area contributed by atoms with Gasteiger partial charge in [-0.3, -0.25) is 14.4 Å². The third-order valence-electron chi connectivity index (χ3n) is 4.91. The molecule has 2 saturated heterocycles. The van der Waals surface area contributed by atoms with Gasteiger partial charge in [-0.05, 0) is 38.8 Å². The van der Waals surface area contributed by atoms with E-state index in [1.54, 1.807) is 4.90 Å². The van der Waals surface area contributed by atoms with Crippen LogP contribution in [0.15, 0.2) is 12.1 Å². The maximum Gasteiger partial charge on any atom is 0.433 e. The second-order valence-electron chi connectivity index (χ2n) is 6.66. The lowest BCUT2D eigenvalue weighted by Gasteiger charge is -2.37. The smallest absolute Gasteiger partial charge is 0.338 e. The molecule has 2 fully saturated rings. The van der Waals surface area contributed by atoms with Crippen LogP contribution in [0, 0.1) is 6.92 Å². The molecule has 2 aliphatic rings. The highest BCUT2D eigenvalue weighted by Crippen LogP contribution is 2.37. The first-order valence-electron chi connectivity index (χ1n) is 8.49. The van der Waals surface area contributed by atoms with Crippen LogP contribution in [-0.2, 0) is 15.8 Å². The van der Waals surface area contributed by atoms with Crippen LogP contribution in [0.2, 0.25) is 0 Å². The summed E-state index contributed by atoms with van der Waals surface area (Å²) in [5.41, 5.74) is -1.37. The zero-order chi connectivity index (χ0) is 19.1. The molecule has 0 N–H and O–H groups in total. The molecule has 1 spiro atoms. The highest BCUT2D eigenvalue weighted by atomic mass is 19.4. The Morgan fingerprint density at radius 2 is 1.96 bits per heavy atom. The van der Waals surface area contributed by atoms with Gasteiger partial charge in [-0.1, -0.05) is 0 Å². The summed E-state index contributed by atoms with van der Waals surface area (Å²) in [6.45, 7) is 4.45. The summed E-state index contributed by atoms with van der Waals surface area (Å²) >= 11 is 0. The first kappa shape index (κ1) is 18.6. The largest absolute Gasteiger partial charge is 0.433 e. The van der Waals surface area contributed by atoms with Gasteiger partial charge in [0.2, 0.25) is 5.91 Å². The van der Waals surface area contributed by atoms with Crippen molar-refractivity contribution in [2.24, 2.45) is 0 Å². The molecule has 26 heavy (non-hydrogen) atoms. The standard InChI is InChI=1S/C17H20F3N3O3/c1-3-23-14(24)10-16(26-23)6-8-22(9-7-16)15(25)12-4-5-13(17(18,19)20)21-11(12)2/h4-5H,3,6-10H2,1-2H3. The first-order valence-corrected chi connectivity index (χ1v) is 8.49. The summed E-state index contributed by atoms with van der Waals surface area (Å²) in [4.78, 5) is 35.4. The number of likely N-dealkylation sites (tertiary alicyclic amines) is 1. The maximum absolute atomic E-state index is 12.7. The fourth-order valence-electron chi connectivity index (χ4n) is 3.42. The Hall–Kier alpha value is -2.16. The van der Waals surface area contributed by atoms with Gasteiger partial charge in [0.25, 0.3) is 5.91 Å². The number of pyridine rings is 1. The lowest BCUT2D eigenvalue weighted by atomic mass is 9.88. The van der Waals surface area contributed by atoms with Crippen LogP contribution in [-0.4, -0.2) is 52.0 Å². The highest BCUT2D eigenvalue weighted by Gasteiger charge is 2.47. The molecule has 6 nitrogen and oxygen atoms in total. The molecule has 3 heterocycles. The van der Waals surface area contributed by atoms with Crippen LogP contribution in [0.25, 0.3) is 0 Å². The number of carbonyl (C=O) groups is 2. The van der Waals surface area contributed by atoms with E-state index in [9.17, 15) is 22.8 Å². The van der Waals surface area contributed by atoms with Gasteiger partial charge in [-0.2, -0.15) is 13.2 Å². The Bertz CT molecular complexity index is 728. The van der Waals surface area contributed by atoms with E-state index in [0.717, 1.165) is 6.07 Å². The van der Waals surface area contributed by atoms with E-state index in [1.165, 1.54) is 18.1 Å². The molecule has 0 aliphatic carbocycles. The van der Waals surface area contributed by atoms with Crippen LogP contribution in [0.4, 0.5) is 13.2 Å². The van der Waals surface area contributed by atoms with Gasteiger partial charge < -0.3 is 4.90 Å². The molecular weight excluding hydrogens is 351 g/mol. The van der Waals surface area contributed by atoms with Crippen molar-refractivity contribution in [2.75, 3.05) is 19.6 Å². The molecule has 3 rings (SSSR count). The van der Waals surface area contributed by atoms with E-state index in [2.05, 4.69) is 4.98 Å². The van der Waals surface area contributed by atoms with Crippen molar-refractivity contribution >= 4 is 11.8 Å². The van der Waals surface area contributed by atoms with Crippen molar-refractivity contribution in [3.63, 3.8) is 0 Å². The molecule has 1 aromatic rings. The van der Waals surface area contributed by atoms with Crippen LogP contribution in [0.5, 0.6) is 0 Å². The van der Waals surface area contributed by atoms with Crippen molar-refractivity contribution < 1.29 is 27.6 Å². The molecule has 2 aliphatic heterocycles. The van der Waals surface area contributed by atoms with E-state index < -0.39 is 17.5 Å². The van der Waals surface area contributed by atoms with Crippen LogP contribution in [0.1, 0.15) is 47.9 Å². The fourth-order valence-corrected chi connectivity index (χ4v) is 3.42. The zero-order valence-electron chi connectivity index (χ0n) is 14.6. The Kier molecular flexibility index (Phi) is 4.68. The van der Waals surface area contributed by atoms with Gasteiger partial charge >= 0.3 is 6.18 Å². The normalized spacial score (nSPS) is 20.1. The molecule has 0 saturated carbocycles. The second kappa shape index (κ2) is 6.53. The molecule has 0 bridgehead atoms. The number of carbonyl (C=O) groups excluding carboxylic acids is 2. The molecule has 9 heteroatoms. The minimum atomic E-state index is -4.54. The highest BCUT2D eigenvalue weighted by molar-refractivity contribution is 5.95. The number of hydrogen-bond acceptors (Lipinski definition) is 4. The zero-order valence-corrected chi connectivity index (χ0v) is 14.6. The third-order valence-corrected chi connectivity index (χ3v) is 4.91. The maximum atomic E-state index is 12.7. The molecule has 0 aromatic carbocycles. The molecule has 0 atom stereocenters. The van der Waals surface area contributed by atoms with Crippen molar-refractivity contribution in [3.05, 3.63) is 29.1 Å². The van der Waals surface area contributed by atoms with E-state index in [1.807, 2.05) is 6.92 Å². The predicted octanol–water partition coefficient (Wildman–Crippen LogP) is 2.57. The van der Waals surface area contributed by atoms with Crippen LogP contribution < -0.4 is 0 Å². The number of alkyl halides is 3. The van der Waals surface area contributed by atoms with Crippen LogP contribution in [0.3, 0.4) is 0 Å². The second-order valence-corrected chi connectivity index (χ2v) is 6.66. The Labute approximate surface area is 148 Å². The molecule has 2 amide bonds. The lowest BCUT2D eigenvalue weighted by Crippen LogP contribution is -2.47. The van der Waals surface area contributed by atoms with E-state index in [-0.39, 0.29) is 23.1 Å². The average Bonchev–Trinajstić information content (AvgIpc) is 2.89. The monoisotopic (exact) mass is 371 g/mol. The number of halogens is 3. The van der Waals surface area contributed by atoms with Crippen molar-refractivity contribution in [2.45, 2.75) is 44.9 Å². The van der Waals surface area contributed by atoms with Crippen LogP contribution >= 0.6 is 0 Å². The van der Waals surface area contributed by atoms with Gasteiger partial charge in [0.1, 0.15) is 11.3 Å². The summed E-state index contributed by atoms with van der Waals surface area (Å²) in [5.74, 6) is -0.412.